The van der Waals surface area contributed by atoms with Gasteiger partial charge in [-0.2, -0.15) is 0 Å². The van der Waals surface area contributed by atoms with E-state index in [0.29, 0.717) is 17.3 Å². The third-order valence-corrected chi connectivity index (χ3v) is 6.32. The smallest absolute Gasteiger partial charge is 0.224 e. The average Bonchev–Trinajstić information content (AvgIpc) is 3.01. The molecule has 1 amide bonds. The quantitative estimate of drug-likeness (QED) is 0.705. The normalized spacial score (nSPS) is 34.8. The molecule has 5 heteroatoms. The molecule has 2 bridgehead atoms. The Morgan fingerprint density at radius 1 is 1.32 bits per heavy atom. The first-order chi connectivity index (χ1) is 10.2. The molecule has 0 heterocycles. The Morgan fingerprint density at radius 3 is 2.59 bits per heavy atom. The lowest BCUT2D eigenvalue weighted by atomic mass is 9.66. The van der Waals surface area contributed by atoms with Crippen LogP contribution in [0.3, 0.4) is 0 Å². The van der Waals surface area contributed by atoms with Gasteiger partial charge < -0.3 is 15.8 Å². The van der Waals surface area contributed by atoms with Gasteiger partial charge in [0.2, 0.25) is 5.91 Å². The summed E-state index contributed by atoms with van der Waals surface area (Å²) in [5.41, 5.74) is 6.57. The SMILES string of the molecule is CCOCCC1(CNC(=O)C2C3CCC(C3)C2N)CCC1.Cl. The number of halogens is 1. The third-order valence-electron chi connectivity index (χ3n) is 6.32. The Balaban J connectivity index is 0.00000176. The van der Waals surface area contributed by atoms with Crippen LogP contribution in [0.5, 0.6) is 0 Å². The Morgan fingerprint density at radius 2 is 2.05 bits per heavy atom. The molecule has 128 valence electrons. The summed E-state index contributed by atoms with van der Waals surface area (Å²) in [6, 6.07) is 0.101. The van der Waals surface area contributed by atoms with E-state index in [4.69, 9.17) is 10.5 Å². The fourth-order valence-electron chi connectivity index (χ4n) is 4.74. The molecule has 0 aromatic carbocycles. The van der Waals surface area contributed by atoms with Gasteiger partial charge in [0.1, 0.15) is 0 Å². The van der Waals surface area contributed by atoms with Crippen LogP contribution in [0.15, 0.2) is 0 Å². The van der Waals surface area contributed by atoms with Crippen LogP contribution in [0.1, 0.15) is 51.9 Å². The molecular weight excluding hydrogens is 300 g/mol. The van der Waals surface area contributed by atoms with Crippen LogP contribution in [0.25, 0.3) is 0 Å². The van der Waals surface area contributed by atoms with Crippen LogP contribution in [-0.4, -0.2) is 31.7 Å². The molecule has 0 aromatic heterocycles. The number of carbonyl (C=O) groups excluding carboxylic acids is 1. The number of carbonyl (C=O) groups is 1. The van der Waals surface area contributed by atoms with Crippen molar-refractivity contribution in [2.45, 2.75) is 57.9 Å². The summed E-state index contributed by atoms with van der Waals surface area (Å²) < 4.78 is 5.50. The minimum atomic E-state index is 0. The van der Waals surface area contributed by atoms with Crippen molar-refractivity contribution in [3.8, 4) is 0 Å². The second kappa shape index (κ2) is 7.50. The van der Waals surface area contributed by atoms with Gasteiger partial charge in [0.05, 0.1) is 5.92 Å². The number of nitrogens with one attached hydrogen (secondary N) is 1. The summed E-state index contributed by atoms with van der Waals surface area (Å²) in [5.74, 6) is 1.44. The first-order valence-electron chi connectivity index (χ1n) is 8.76. The summed E-state index contributed by atoms with van der Waals surface area (Å²) in [5, 5.41) is 3.24. The molecule has 0 saturated heterocycles. The van der Waals surface area contributed by atoms with Crippen molar-refractivity contribution < 1.29 is 9.53 Å². The van der Waals surface area contributed by atoms with Gasteiger partial charge >= 0.3 is 0 Å². The lowest BCUT2D eigenvalue weighted by molar-refractivity contribution is -0.128. The van der Waals surface area contributed by atoms with Gasteiger partial charge in [-0.1, -0.05) is 6.42 Å². The molecule has 3 N–H and O–H groups in total. The second-order valence-electron chi connectivity index (χ2n) is 7.45. The summed E-state index contributed by atoms with van der Waals surface area (Å²) in [4.78, 5) is 12.5. The van der Waals surface area contributed by atoms with Crippen LogP contribution in [0, 0.1) is 23.2 Å². The first-order valence-corrected chi connectivity index (χ1v) is 8.76. The Labute approximate surface area is 140 Å². The van der Waals surface area contributed by atoms with Crippen molar-refractivity contribution >= 4 is 18.3 Å². The molecule has 3 aliphatic carbocycles. The van der Waals surface area contributed by atoms with Gasteiger partial charge in [-0.05, 0) is 62.7 Å². The van der Waals surface area contributed by atoms with E-state index in [1.165, 1.54) is 38.5 Å². The van der Waals surface area contributed by atoms with E-state index in [0.717, 1.165) is 26.2 Å². The number of hydrogen-bond acceptors (Lipinski definition) is 3. The zero-order valence-corrected chi connectivity index (χ0v) is 14.5. The number of fused-ring (bicyclic) bond motifs is 2. The summed E-state index contributed by atoms with van der Waals surface area (Å²) in [6.45, 7) is 4.45. The molecule has 3 saturated carbocycles. The van der Waals surface area contributed by atoms with Crippen LogP contribution >= 0.6 is 12.4 Å². The van der Waals surface area contributed by atoms with Crippen molar-refractivity contribution in [2.75, 3.05) is 19.8 Å². The topological polar surface area (TPSA) is 64.3 Å². The standard InChI is InChI=1S/C17H30N2O2.ClH/c1-2-21-9-8-17(6-3-7-17)11-19-16(20)14-12-4-5-13(10-12)15(14)18;/h12-15H,2-11,18H2,1H3,(H,19,20);1H. The van der Waals surface area contributed by atoms with E-state index in [1.807, 2.05) is 6.92 Å². The lowest BCUT2D eigenvalue weighted by Gasteiger charge is -2.42. The lowest BCUT2D eigenvalue weighted by Crippen LogP contribution is -2.49. The molecular formula is C17H31ClN2O2. The van der Waals surface area contributed by atoms with Crippen molar-refractivity contribution in [1.82, 2.24) is 5.32 Å². The molecule has 4 atom stereocenters. The predicted octanol–water partition coefficient (Wildman–Crippen LogP) is 2.49. The predicted molar refractivity (Wildman–Crippen MR) is 89.9 cm³/mol. The number of nitrogens with two attached hydrogens (primary N) is 1. The van der Waals surface area contributed by atoms with Gasteiger partial charge in [-0.25, -0.2) is 0 Å². The summed E-state index contributed by atoms with van der Waals surface area (Å²) in [6.07, 6.45) is 8.42. The van der Waals surface area contributed by atoms with Crippen LogP contribution in [0.4, 0.5) is 0 Å². The van der Waals surface area contributed by atoms with Gasteiger partial charge in [0.15, 0.2) is 0 Å². The maximum absolute atomic E-state index is 12.5. The van der Waals surface area contributed by atoms with Gasteiger partial charge in [0.25, 0.3) is 0 Å². The molecule has 4 nitrogen and oxygen atoms in total. The van der Waals surface area contributed by atoms with Gasteiger partial charge in [-0.3, -0.25) is 4.79 Å². The number of ether oxygens (including phenoxy) is 1. The van der Waals surface area contributed by atoms with E-state index in [9.17, 15) is 4.79 Å². The molecule has 0 aliphatic heterocycles. The highest BCUT2D eigenvalue weighted by Crippen LogP contribution is 2.48. The number of rotatable bonds is 7. The maximum Gasteiger partial charge on any atom is 0.224 e. The van der Waals surface area contributed by atoms with Crippen LogP contribution in [-0.2, 0) is 9.53 Å². The maximum atomic E-state index is 12.5. The van der Waals surface area contributed by atoms with E-state index in [1.54, 1.807) is 0 Å². The van der Waals surface area contributed by atoms with E-state index in [-0.39, 0.29) is 30.3 Å². The Hall–Kier alpha value is -0.320. The molecule has 22 heavy (non-hydrogen) atoms. The Kier molecular flexibility index (Phi) is 6.14. The van der Waals surface area contributed by atoms with Crippen molar-refractivity contribution in [2.24, 2.45) is 28.9 Å². The fourth-order valence-corrected chi connectivity index (χ4v) is 4.74. The van der Waals surface area contributed by atoms with Crippen LogP contribution < -0.4 is 11.1 Å². The highest BCUT2D eigenvalue weighted by molar-refractivity contribution is 5.85. The first kappa shape index (κ1) is 18.0. The van der Waals surface area contributed by atoms with E-state index in [2.05, 4.69) is 5.32 Å². The average molecular weight is 331 g/mol. The number of amides is 1. The Bertz CT molecular complexity index is 385. The molecule has 0 spiro atoms. The van der Waals surface area contributed by atoms with E-state index < -0.39 is 0 Å². The van der Waals surface area contributed by atoms with E-state index >= 15 is 0 Å². The summed E-state index contributed by atoms with van der Waals surface area (Å²) in [7, 11) is 0. The number of hydrogen-bond donors (Lipinski definition) is 2. The minimum absolute atomic E-state index is 0. The fraction of sp³-hybridized carbons (Fsp3) is 0.941. The van der Waals surface area contributed by atoms with Crippen molar-refractivity contribution in [3.63, 3.8) is 0 Å². The van der Waals surface area contributed by atoms with Crippen molar-refractivity contribution in [1.29, 1.82) is 0 Å². The minimum Gasteiger partial charge on any atom is -0.382 e. The summed E-state index contributed by atoms with van der Waals surface area (Å²) >= 11 is 0. The molecule has 0 aromatic rings. The van der Waals surface area contributed by atoms with Crippen molar-refractivity contribution in [3.05, 3.63) is 0 Å². The highest BCUT2D eigenvalue weighted by atomic mass is 35.5. The monoisotopic (exact) mass is 330 g/mol. The third kappa shape index (κ3) is 3.44. The zero-order valence-electron chi connectivity index (χ0n) is 13.7. The van der Waals surface area contributed by atoms with Gasteiger partial charge in [-0.15, -0.1) is 12.4 Å². The molecule has 0 radical (unpaired) electrons. The molecule has 3 fully saturated rings. The molecule has 4 unspecified atom stereocenters. The largest absolute Gasteiger partial charge is 0.382 e. The van der Waals surface area contributed by atoms with Gasteiger partial charge in [0, 0.05) is 25.8 Å². The highest BCUT2D eigenvalue weighted by Gasteiger charge is 2.49. The molecule has 3 rings (SSSR count). The van der Waals surface area contributed by atoms with Crippen LogP contribution in [0.2, 0.25) is 0 Å². The molecule has 3 aliphatic rings. The zero-order chi connectivity index (χ0) is 14.9. The second-order valence-corrected chi connectivity index (χ2v) is 7.45.